The number of hydrogen-bond acceptors (Lipinski definition) is 7. The molecule has 10 heteroatoms. The summed E-state index contributed by atoms with van der Waals surface area (Å²) in [5, 5.41) is 13.6. The molecule has 0 aliphatic carbocycles. The molecule has 3 aromatic carbocycles. The number of ether oxygens (including phenoxy) is 3. The molecular formula is C23H17BrN2O7. The van der Waals surface area contributed by atoms with Gasteiger partial charge in [0.1, 0.15) is 13.2 Å². The molecule has 1 atom stereocenters. The van der Waals surface area contributed by atoms with Crippen molar-refractivity contribution in [3.05, 3.63) is 92.4 Å². The van der Waals surface area contributed by atoms with E-state index in [-0.39, 0.29) is 11.3 Å². The van der Waals surface area contributed by atoms with Crippen LogP contribution in [0.3, 0.4) is 0 Å². The fourth-order valence-electron chi connectivity index (χ4n) is 3.16. The fourth-order valence-corrected chi connectivity index (χ4v) is 3.63. The fraction of sp³-hybridized carbons (Fsp3) is 0.130. The minimum atomic E-state index is -1.27. The van der Waals surface area contributed by atoms with E-state index in [9.17, 15) is 19.7 Å². The van der Waals surface area contributed by atoms with Gasteiger partial charge < -0.3 is 19.5 Å². The van der Waals surface area contributed by atoms with Crippen molar-refractivity contribution in [2.45, 2.75) is 6.10 Å². The maximum absolute atomic E-state index is 13.1. The molecule has 3 aromatic rings. The van der Waals surface area contributed by atoms with Crippen LogP contribution in [0.4, 0.5) is 11.4 Å². The monoisotopic (exact) mass is 512 g/mol. The topological polar surface area (TPSA) is 117 Å². The highest BCUT2D eigenvalue weighted by Crippen LogP contribution is 2.32. The Morgan fingerprint density at radius 1 is 1.00 bits per heavy atom. The minimum Gasteiger partial charge on any atom is -0.486 e. The van der Waals surface area contributed by atoms with E-state index in [4.69, 9.17) is 14.2 Å². The third-order valence-corrected chi connectivity index (χ3v) is 5.42. The lowest BCUT2D eigenvalue weighted by atomic mass is 10.1. The number of anilines is 1. The van der Waals surface area contributed by atoms with Crippen LogP contribution < -0.4 is 14.8 Å². The molecule has 1 amide bonds. The molecule has 33 heavy (non-hydrogen) atoms. The number of non-ortho nitro benzene ring substituents is 1. The number of nitro groups is 1. The lowest BCUT2D eigenvalue weighted by Crippen LogP contribution is -2.26. The molecule has 0 bridgehead atoms. The molecule has 0 radical (unpaired) electrons. The number of halogens is 1. The Morgan fingerprint density at radius 2 is 1.73 bits per heavy atom. The lowest BCUT2D eigenvalue weighted by molar-refractivity contribution is -0.384. The number of esters is 1. The summed E-state index contributed by atoms with van der Waals surface area (Å²) in [4.78, 5) is 36.4. The SMILES string of the molecule is O=C(OC(C(=O)Nc1ccc([N+](=O)[O-])cc1Br)c1ccccc1)c1ccc2c(c1)OCCO2. The third-order valence-electron chi connectivity index (χ3n) is 4.76. The van der Waals surface area contributed by atoms with Gasteiger partial charge in [0, 0.05) is 22.2 Å². The van der Waals surface area contributed by atoms with Gasteiger partial charge in [0.05, 0.1) is 16.2 Å². The summed E-state index contributed by atoms with van der Waals surface area (Å²) in [7, 11) is 0. The van der Waals surface area contributed by atoms with Crippen LogP contribution in [0.15, 0.2) is 71.2 Å². The summed E-state index contributed by atoms with van der Waals surface area (Å²) >= 11 is 3.22. The zero-order valence-electron chi connectivity index (χ0n) is 17.0. The number of nitrogens with one attached hydrogen (secondary N) is 1. The van der Waals surface area contributed by atoms with Crippen molar-refractivity contribution in [3.63, 3.8) is 0 Å². The van der Waals surface area contributed by atoms with Crippen molar-refractivity contribution in [1.82, 2.24) is 0 Å². The second-order valence-corrected chi connectivity index (χ2v) is 7.82. The molecule has 0 fully saturated rings. The number of hydrogen-bond donors (Lipinski definition) is 1. The highest BCUT2D eigenvalue weighted by atomic mass is 79.9. The van der Waals surface area contributed by atoms with Gasteiger partial charge in [-0.3, -0.25) is 14.9 Å². The summed E-state index contributed by atoms with van der Waals surface area (Å²) in [6, 6.07) is 17.1. The van der Waals surface area contributed by atoms with Crippen LogP contribution in [0.5, 0.6) is 11.5 Å². The Morgan fingerprint density at radius 3 is 2.42 bits per heavy atom. The molecule has 0 saturated carbocycles. The Kier molecular flexibility index (Phi) is 6.55. The normalized spacial score (nSPS) is 13.0. The minimum absolute atomic E-state index is 0.135. The number of nitro benzene ring substituents is 1. The first-order valence-electron chi connectivity index (χ1n) is 9.83. The van der Waals surface area contributed by atoms with Crippen molar-refractivity contribution in [2.75, 3.05) is 18.5 Å². The van der Waals surface area contributed by atoms with Crippen LogP contribution in [-0.2, 0) is 9.53 Å². The van der Waals surface area contributed by atoms with Crippen molar-refractivity contribution in [2.24, 2.45) is 0 Å². The zero-order chi connectivity index (χ0) is 23.4. The Labute approximate surface area is 196 Å². The molecule has 1 aliphatic rings. The average Bonchev–Trinajstić information content (AvgIpc) is 2.83. The van der Waals surface area contributed by atoms with Gasteiger partial charge in [0.15, 0.2) is 11.5 Å². The van der Waals surface area contributed by atoms with E-state index in [0.29, 0.717) is 40.4 Å². The van der Waals surface area contributed by atoms with Crippen molar-refractivity contribution in [1.29, 1.82) is 0 Å². The smallest absolute Gasteiger partial charge is 0.339 e. The Balaban J connectivity index is 1.57. The van der Waals surface area contributed by atoms with Gasteiger partial charge in [0.2, 0.25) is 6.10 Å². The Bertz CT molecular complexity index is 1220. The maximum atomic E-state index is 13.1. The highest BCUT2D eigenvalue weighted by Gasteiger charge is 2.27. The molecule has 1 unspecified atom stereocenters. The molecule has 1 aliphatic heterocycles. The van der Waals surface area contributed by atoms with Crippen molar-refractivity contribution in [3.8, 4) is 11.5 Å². The van der Waals surface area contributed by atoms with Crippen LogP contribution in [0, 0.1) is 10.1 Å². The quantitative estimate of drug-likeness (QED) is 0.289. The van der Waals surface area contributed by atoms with Crippen LogP contribution in [0.25, 0.3) is 0 Å². The molecule has 9 nitrogen and oxygen atoms in total. The van der Waals surface area contributed by atoms with Gasteiger partial charge in [-0.2, -0.15) is 0 Å². The van der Waals surface area contributed by atoms with E-state index in [1.165, 1.54) is 30.3 Å². The number of rotatable bonds is 6. The summed E-state index contributed by atoms with van der Waals surface area (Å²) in [5.74, 6) is -0.398. The Hall–Kier alpha value is -3.92. The average molecular weight is 513 g/mol. The van der Waals surface area contributed by atoms with E-state index in [0.717, 1.165) is 0 Å². The number of benzene rings is 3. The molecule has 0 saturated heterocycles. The summed E-state index contributed by atoms with van der Waals surface area (Å²) in [6.45, 7) is 0.788. The van der Waals surface area contributed by atoms with Gasteiger partial charge >= 0.3 is 5.97 Å². The van der Waals surface area contributed by atoms with E-state index in [2.05, 4.69) is 21.2 Å². The van der Waals surface area contributed by atoms with Crippen LogP contribution in [-0.4, -0.2) is 30.0 Å². The van der Waals surface area contributed by atoms with E-state index in [1.54, 1.807) is 36.4 Å². The van der Waals surface area contributed by atoms with Crippen LogP contribution >= 0.6 is 15.9 Å². The van der Waals surface area contributed by atoms with E-state index < -0.39 is 22.9 Å². The second kappa shape index (κ2) is 9.70. The van der Waals surface area contributed by atoms with Crippen molar-refractivity contribution < 1.29 is 28.7 Å². The van der Waals surface area contributed by atoms with Gasteiger partial charge in [-0.15, -0.1) is 0 Å². The van der Waals surface area contributed by atoms with Gasteiger partial charge in [0.25, 0.3) is 11.6 Å². The summed E-state index contributed by atoms with van der Waals surface area (Å²) in [6.07, 6.45) is -1.27. The number of carbonyl (C=O) groups is 2. The molecule has 1 N–H and O–H groups in total. The lowest BCUT2D eigenvalue weighted by Gasteiger charge is -2.20. The summed E-state index contributed by atoms with van der Waals surface area (Å²) < 4.78 is 16.9. The standard InChI is InChI=1S/C23H17BrN2O7/c24-17-13-16(26(29)30)7-8-18(17)25-22(27)21(14-4-2-1-3-5-14)33-23(28)15-6-9-19-20(12-15)32-11-10-31-19/h1-9,12-13,21H,10-11H2,(H,25,27). The molecule has 0 aromatic heterocycles. The predicted molar refractivity (Wildman–Crippen MR) is 121 cm³/mol. The molecule has 0 spiro atoms. The molecule has 1 heterocycles. The number of amides is 1. The summed E-state index contributed by atoms with van der Waals surface area (Å²) in [5.41, 5.74) is 0.815. The van der Waals surface area contributed by atoms with Gasteiger partial charge in [-0.05, 0) is 40.2 Å². The number of fused-ring (bicyclic) bond motifs is 1. The number of carbonyl (C=O) groups excluding carboxylic acids is 2. The van der Waals surface area contributed by atoms with Gasteiger partial charge in [-0.1, -0.05) is 30.3 Å². The first kappa shape index (κ1) is 22.3. The predicted octanol–water partition coefficient (Wildman–Crippen LogP) is 4.67. The zero-order valence-corrected chi connectivity index (χ0v) is 18.6. The van der Waals surface area contributed by atoms with Crippen molar-refractivity contribution >= 4 is 39.2 Å². The first-order valence-corrected chi connectivity index (χ1v) is 10.6. The van der Waals surface area contributed by atoms with E-state index in [1.807, 2.05) is 0 Å². The number of nitrogens with zero attached hydrogens (tertiary/aromatic N) is 1. The molecular weight excluding hydrogens is 496 g/mol. The second-order valence-electron chi connectivity index (χ2n) is 6.96. The first-order chi connectivity index (χ1) is 15.9. The molecule has 4 rings (SSSR count). The highest BCUT2D eigenvalue weighted by molar-refractivity contribution is 9.10. The van der Waals surface area contributed by atoms with Gasteiger partial charge in [-0.25, -0.2) is 4.79 Å². The largest absolute Gasteiger partial charge is 0.486 e. The third kappa shape index (κ3) is 5.12. The van der Waals surface area contributed by atoms with E-state index >= 15 is 0 Å². The maximum Gasteiger partial charge on any atom is 0.339 e. The van der Waals surface area contributed by atoms with Crippen LogP contribution in [0.2, 0.25) is 0 Å². The molecule has 168 valence electrons. The van der Waals surface area contributed by atoms with Crippen LogP contribution in [0.1, 0.15) is 22.0 Å².